The summed E-state index contributed by atoms with van der Waals surface area (Å²) in [6, 6.07) is 5.82. The van der Waals surface area contributed by atoms with Crippen molar-refractivity contribution in [1.29, 1.82) is 5.26 Å². The van der Waals surface area contributed by atoms with Crippen LogP contribution >= 0.6 is 0 Å². The molecule has 0 radical (unpaired) electrons. The van der Waals surface area contributed by atoms with Crippen molar-refractivity contribution in [3.8, 4) is 6.07 Å². The molecule has 0 aliphatic carbocycles. The van der Waals surface area contributed by atoms with Crippen LogP contribution in [0, 0.1) is 11.3 Å². The summed E-state index contributed by atoms with van der Waals surface area (Å²) in [6.45, 7) is 6.19. The molecule has 0 N–H and O–H groups in total. The van der Waals surface area contributed by atoms with E-state index in [1.165, 1.54) is 0 Å². The fraction of sp³-hybridized carbons (Fsp3) is 0.400. The number of nitrogens with zero attached hydrogens (tertiary/aromatic N) is 2. The van der Waals surface area contributed by atoms with Crippen molar-refractivity contribution >= 4 is 8.32 Å². The second-order valence-electron chi connectivity index (χ2n) is 4.03. The fourth-order valence-electron chi connectivity index (χ4n) is 1.05. The minimum Gasteiger partial charge on any atom is -0.399 e. The third kappa shape index (κ3) is 3.28. The molecule has 1 rings (SSSR count). The standard InChI is InChI=1S/C10H14N2OSi/c1-14(2,3)13-10(7-11)9-5-4-6-12-8-9/h4-6,8,10H,1-3H3/t10-/m1/s1. The van der Waals surface area contributed by atoms with Crippen molar-refractivity contribution < 1.29 is 4.43 Å². The van der Waals surface area contributed by atoms with Crippen molar-refractivity contribution in [2.24, 2.45) is 0 Å². The number of hydrogen-bond acceptors (Lipinski definition) is 3. The minimum absolute atomic E-state index is 0.477. The van der Waals surface area contributed by atoms with Gasteiger partial charge in [0.25, 0.3) is 0 Å². The minimum atomic E-state index is -1.67. The largest absolute Gasteiger partial charge is 0.399 e. The Bertz CT molecular complexity index is 326. The maximum Gasteiger partial charge on any atom is 0.186 e. The van der Waals surface area contributed by atoms with Gasteiger partial charge in [-0.1, -0.05) is 6.07 Å². The average molecular weight is 206 g/mol. The van der Waals surface area contributed by atoms with Gasteiger partial charge in [0.2, 0.25) is 0 Å². The van der Waals surface area contributed by atoms with Crippen molar-refractivity contribution in [2.45, 2.75) is 25.7 Å². The Kier molecular flexibility index (Phi) is 3.39. The van der Waals surface area contributed by atoms with Gasteiger partial charge in [0.15, 0.2) is 14.4 Å². The lowest BCUT2D eigenvalue weighted by Crippen LogP contribution is -2.27. The van der Waals surface area contributed by atoms with Gasteiger partial charge in [0.1, 0.15) is 0 Å². The van der Waals surface area contributed by atoms with Crippen LogP contribution in [0.25, 0.3) is 0 Å². The maximum absolute atomic E-state index is 8.96. The highest BCUT2D eigenvalue weighted by atomic mass is 28.4. The number of rotatable bonds is 3. The monoisotopic (exact) mass is 206 g/mol. The van der Waals surface area contributed by atoms with Gasteiger partial charge in [-0.05, 0) is 25.7 Å². The molecule has 0 aliphatic rings. The van der Waals surface area contributed by atoms with Crippen LogP contribution in [-0.2, 0) is 4.43 Å². The molecule has 3 nitrogen and oxygen atoms in total. The van der Waals surface area contributed by atoms with E-state index in [2.05, 4.69) is 30.7 Å². The topological polar surface area (TPSA) is 45.9 Å². The molecular formula is C10H14N2OSi. The molecule has 1 aromatic rings. The van der Waals surface area contributed by atoms with Gasteiger partial charge in [-0.15, -0.1) is 0 Å². The highest BCUT2D eigenvalue weighted by Crippen LogP contribution is 2.20. The lowest BCUT2D eigenvalue weighted by molar-refractivity contribution is 0.254. The summed E-state index contributed by atoms with van der Waals surface area (Å²) >= 11 is 0. The smallest absolute Gasteiger partial charge is 0.186 e. The molecule has 0 fully saturated rings. The van der Waals surface area contributed by atoms with E-state index in [0.717, 1.165) is 5.56 Å². The van der Waals surface area contributed by atoms with Crippen LogP contribution in [0.15, 0.2) is 24.5 Å². The van der Waals surface area contributed by atoms with Crippen molar-refractivity contribution in [3.05, 3.63) is 30.1 Å². The Morgan fingerprint density at radius 1 is 1.50 bits per heavy atom. The molecule has 0 aliphatic heterocycles. The lowest BCUT2D eigenvalue weighted by Gasteiger charge is -2.21. The summed E-state index contributed by atoms with van der Waals surface area (Å²) in [5.41, 5.74) is 0.831. The van der Waals surface area contributed by atoms with Crippen LogP contribution in [0.4, 0.5) is 0 Å². The first-order valence-corrected chi connectivity index (χ1v) is 7.91. The zero-order valence-corrected chi connectivity index (χ0v) is 9.69. The maximum atomic E-state index is 8.96. The van der Waals surface area contributed by atoms with E-state index in [9.17, 15) is 0 Å². The second-order valence-corrected chi connectivity index (χ2v) is 8.49. The fourth-order valence-corrected chi connectivity index (χ4v) is 1.95. The van der Waals surface area contributed by atoms with Gasteiger partial charge < -0.3 is 4.43 Å². The van der Waals surface area contributed by atoms with Gasteiger partial charge in [-0.3, -0.25) is 4.98 Å². The van der Waals surface area contributed by atoms with Crippen LogP contribution in [0.5, 0.6) is 0 Å². The van der Waals surface area contributed by atoms with Crippen LogP contribution < -0.4 is 0 Å². The summed E-state index contributed by atoms with van der Waals surface area (Å²) < 4.78 is 5.71. The molecule has 0 saturated heterocycles. The van der Waals surface area contributed by atoms with E-state index >= 15 is 0 Å². The van der Waals surface area contributed by atoms with Crippen molar-refractivity contribution in [3.63, 3.8) is 0 Å². The predicted octanol–water partition coefficient (Wildman–Crippen LogP) is 2.50. The highest BCUT2D eigenvalue weighted by Gasteiger charge is 2.21. The first-order valence-electron chi connectivity index (χ1n) is 4.50. The zero-order valence-electron chi connectivity index (χ0n) is 8.69. The summed E-state index contributed by atoms with van der Waals surface area (Å²) in [5, 5.41) is 8.96. The van der Waals surface area contributed by atoms with E-state index < -0.39 is 14.4 Å². The molecular weight excluding hydrogens is 192 g/mol. The Hall–Kier alpha value is -1.18. The van der Waals surface area contributed by atoms with E-state index in [4.69, 9.17) is 9.69 Å². The molecule has 1 heterocycles. The molecule has 0 unspecified atom stereocenters. The van der Waals surface area contributed by atoms with Crippen LogP contribution in [0.1, 0.15) is 11.7 Å². The van der Waals surface area contributed by atoms with Gasteiger partial charge in [0.05, 0.1) is 6.07 Å². The van der Waals surface area contributed by atoms with Crippen molar-refractivity contribution in [1.82, 2.24) is 4.98 Å². The zero-order chi connectivity index (χ0) is 10.6. The quantitative estimate of drug-likeness (QED) is 0.714. The third-order valence-electron chi connectivity index (χ3n) is 1.58. The predicted molar refractivity (Wildman–Crippen MR) is 57.0 cm³/mol. The molecule has 74 valence electrons. The SMILES string of the molecule is C[Si](C)(C)O[C@H](C#N)c1cccnc1. The van der Waals surface area contributed by atoms with Crippen LogP contribution in [0.3, 0.4) is 0 Å². The Morgan fingerprint density at radius 3 is 2.64 bits per heavy atom. The molecule has 4 heteroatoms. The van der Waals surface area contributed by atoms with E-state index in [1.54, 1.807) is 12.4 Å². The van der Waals surface area contributed by atoms with E-state index in [1.807, 2.05) is 12.1 Å². The van der Waals surface area contributed by atoms with E-state index in [-0.39, 0.29) is 0 Å². The van der Waals surface area contributed by atoms with Gasteiger partial charge in [-0.2, -0.15) is 5.26 Å². The van der Waals surface area contributed by atoms with Gasteiger partial charge in [0, 0.05) is 18.0 Å². The molecule has 1 atom stereocenters. The highest BCUT2D eigenvalue weighted by molar-refractivity contribution is 6.69. The van der Waals surface area contributed by atoms with Crippen molar-refractivity contribution in [2.75, 3.05) is 0 Å². The number of hydrogen-bond donors (Lipinski definition) is 0. The summed E-state index contributed by atoms with van der Waals surface area (Å²) in [7, 11) is -1.67. The normalized spacial score (nSPS) is 13.3. The number of pyridine rings is 1. The summed E-state index contributed by atoms with van der Waals surface area (Å²) in [4.78, 5) is 3.97. The Morgan fingerprint density at radius 2 is 2.21 bits per heavy atom. The molecule has 0 spiro atoms. The number of nitriles is 1. The molecule has 0 amide bonds. The van der Waals surface area contributed by atoms with E-state index in [0.29, 0.717) is 0 Å². The van der Waals surface area contributed by atoms with Gasteiger partial charge in [-0.25, -0.2) is 0 Å². The molecule has 0 saturated carbocycles. The first kappa shape index (κ1) is 10.9. The first-order chi connectivity index (χ1) is 6.53. The van der Waals surface area contributed by atoms with Crippen LogP contribution in [0.2, 0.25) is 19.6 Å². The average Bonchev–Trinajstić information content (AvgIpc) is 2.14. The molecule has 1 aromatic heterocycles. The lowest BCUT2D eigenvalue weighted by atomic mass is 10.2. The summed E-state index contributed by atoms with van der Waals surface area (Å²) in [6.07, 6.45) is 2.89. The van der Waals surface area contributed by atoms with Crippen LogP contribution in [-0.4, -0.2) is 13.3 Å². The Balaban J connectivity index is 2.80. The third-order valence-corrected chi connectivity index (χ3v) is 2.52. The molecule has 0 aromatic carbocycles. The molecule has 14 heavy (non-hydrogen) atoms. The number of aromatic nitrogens is 1. The van der Waals surface area contributed by atoms with Gasteiger partial charge >= 0.3 is 0 Å². The Labute approximate surface area is 85.5 Å². The summed E-state index contributed by atoms with van der Waals surface area (Å²) in [5.74, 6) is 0. The second kappa shape index (κ2) is 4.36. The molecule has 0 bridgehead atoms.